The lowest BCUT2D eigenvalue weighted by Crippen LogP contribution is -2.22. The average Bonchev–Trinajstić information content (AvgIpc) is 2.64. The molecule has 0 saturated heterocycles. The summed E-state index contributed by atoms with van der Waals surface area (Å²) in [6.07, 6.45) is -0.175. The van der Waals surface area contributed by atoms with E-state index in [1.165, 1.54) is 0 Å². The molecule has 2 aromatic rings. The van der Waals surface area contributed by atoms with Crippen molar-refractivity contribution in [3.8, 4) is 11.8 Å². The van der Waals surface area contributed by atoms with E-state index in [1.54, 1.807) is 24.3 Å². The summed E-state index contributed by atoms with van der Waals surface area (Å²) in [7, 11) is 0. The first-order chi connectivity index (χ1) is 12.9. The van der Waals surface area contributed by atoms with Gasteiger partial charge in [-0.1, -0.05) is 24.3 Å². The van der Waals surface area contributed by atoms with Crippen LogP contribution in [-0.2, 0) is 16.1 Å². The zero-order chi connectivity index (χ0) is 19.8. The van der Waals surface area contributed by atoms with Gasteiger partial charge in [0.05, 0.1) is 6.07 Å². The molecule has 0 heterocycles. The summed E-state index contributed by atoms with van der Waals surface area (Å²) in [5, 5.41) is 13.9. The van der Waals surface area contributed by atoms with Crippen LogP contribution >= 0.6 is 0 Å². The number of nitrogens with zero attached hydrogens (tertiary/aromatic N) is 1. The first kappa shape index (κ1) is 20.0. The molecular formula is C21H23N3O3. The fraction of sp³-hybridized carbons (Fsp3) is 0.286. The number of hydrogen-bond acceptors (Lipinski definition) is 4. The van der Waals surface area contributed by atoms with E-state index in [0.717, 1.165) is 28.0 Å². The van der Waals surface area contributed by atoms with E-state index in [2.05, 4.69) is 10.6 Å². The summed E-state index contributed by atoms with van der Waals surface area (Å²) >= 11 is 0. The number of aryl methyl sites for hydroxylation is 2. The van der Waals surface area contributed by atoms with Gasteiger partial charge in [0.25, 0.3) is 5.91 Å². The van der Waals surface area contributed by atoms with E-state index >= 15 is 0 Å². The topological polar surface area (TPSA) is 91.2 Å². The summed E-state index contributed by atoms with van der Waals surface area (Å²) in [6.45, 7) is 6.13. The Balaban J connectivity index is 1.93. The van der Waals surface area contributed by atoms with Crippen molar-refractivity contribution in [2.45, 2.75) is 33.7 Å². The molecule has 2 rings (SSSR count). The first-order valence-corrected chi connectivity index (χ1v) is 8.62. The molecule has 6 heteroatoms. The number of amides is 2. The first-order valence-electron chi connectivity index (χ1n) is 8.62. The van der Waals surface area contributed by atoms with Crippen LogP contribution in [0.25, 0.3) is 0 Å². The molecule has 2 aromatic carbocycles. The van der Waals surface area contributed by atoms with Crippen molar-refractivity contribution in [3.05, 3.63) is 58.7 Å². The number of ether oxygens (including phenoxy) is 1. The molecule has 140 valence electrons. The Labute approximate surface area is 159 Å². The van der Waals surface area contributed by atoms with Crippen molar-refractivity contribution < 1.29 is 14.3 Å². The highest BCUT2D eigenvalue weighted by molar-refractivity contribution is 5.92. The molecule has 0 spiro atoms. The van der Waals surface area contributed by atoms with Crippen molar-refractivity contribution in [2.24, 2.45) is 0 Å². The monoisotopic (exact) mass is 365 g/mol. The van der Waals surface area contributed by atoms with Gasteiger partial charge >= 0.3 is 0 Å². The van der Waals surface area contributed by atoms with Crippen LogP contribution in [0.2, 0.25) is 0 Å². The number of rotatable bonds is 7. The molecule has 0 aliphatic heterocycles. The second-order valence-electron chi connectivity index (χ2n) is 6.30. The van der Waals surface area contributed by atoms with Gasteiger partial charge in [-0.3, -0.25) is 9.59 Å². The maximum atomic E-state index is 12.2. The van der Waals surface area contributed by atoms with Crippen molar-refractivity contribution in [2.75, 3.05) is 11.9 Å². The summed E-state index contributed by atoms with van der Waals surface area (Å²) in [4.78, 5) is 23.6. The fourth-order valence-corrected chi connectivity index (χ4v) is 2.58. The van der Waals surface area contributed by atoms with E-state index in [-0.39, 0.29) is 24.8 Å². The van der Waals surface area contributed by atoms with E-state index in [4.69, 9.17) is 10.00 Å². The Kier molecular flexibility index (Phi) is 6.95. The van der Waals surface area contributed by atoms with E-state index in [9.17, 15) is 9.59 Å². The summed E-state index contributed by atoms with van der Waals surface area (Å²) in [5.74, 6) is 0.143. The SMILES string of the molecule is Cc1ccc(C)c(OCC(=O)Nc2cccc(CNC(=O)CC#N)c2)c1C. The summed E-state index contributed by atoms with van der Waals surface area (Å²) < 4.78 is 5.72. The second kappa shape index (κ2) is 9.39. The lowest BCUT2D eigenvalue weighted by Gasteiger charge is -2.14. The van der Waals surface area contributed by atoms with E-state index < -0.39 is 0 Å². The molecule has 0 unspecified atom stereocenters. The molecule has 0 aliphatic rings. The molecule has 27 heavy (non-hydrogen) atoms. The molecule has 0 aliphatic carbocycles. The molecule has 0 radical (unpaired) electrons. The number of anilines is 1. The van der Waals surface area contributed by atoms with Crippen LogP contribution < -0.4 is 15.4 Å². The smallest absolute Gasteiger partial charge is 0.262 e. The van der Waals surface area contributed by atoms with Gasteiger partial charge in [0.2, 0.25) is 5.91 Å². The molecule has 0 bridgehead atoms. The van der Waals surface area contributed by atoms with Crippen LogP contribution in [0.5, 0.6) is 5.75 Å². The Morgan fingerprint density at radius 3 is 2.56 bits per heavy atom. The number of hydrogen-bond donors (Lipinski definition) is 2. The zero-order valence-electron chi connectivity index (χ0n) is 15.8. The van der Waals surface area contributed by atoms with Crippen molar-refractivity contribution in [1.82, 2.24) is 5.32 Å². The maximum absolute atomic E-state index is 12.2. The Morgan fingerprint density at radius 2 is 1.81 bits per heavy atom. The van der Waals surface area contributed by atoms with E-state index in [1.807, 2.05) is 39.0 Å². The lowest BCUT2D eigenvalue weighted by atomic mass is 10.1. The van der Waals surface area contributed by atoms with Crippen molar-refractivity contribution >= 4 is 17.5 Å². The molecule has 2 amide bonds. The summed E-state index contributed by atoms with van der Waals surface area (Å²) in [6, 6.07) is 13.0. The molecule has 0 atom stereocenters. The van der Waals surface area contributed by atoms with Gasteiger partial charge < -0.3 is 15.4 Å². The van der Waals surface area contributed by atoms with Crippen molar-refractivity contribution in [3.63, 3.8) is 0 Å². The van der Waals surface area contributed by atoms with Crippen molar-refractivity contribution in [1.29, 1.82) is 5.26 Å². The minimum Gasteiger partial charge on any atom is -0.483 e. The zero-order valence-corrected chi connectivity index (χ0v) is 15.8. The lowest BCUT2D eigenvalue weighted by molar-refractivity contribution is -0.120. The van der Waals surface area contributed by atoms with E-state index in [0.29, 0.717) is 12.2 Å². The van der Waals surface area contributed by atoms with Crippen LogP contribution in [0.3, 0.4) is 0 Å². The minimum absolute atomic E-state index is 0.0890. The van der Waals surface area contributed by atoms with Crippen LogP contribution in [0.4, 0.5) is 5.69 Å². The predicted octanol–water partition coefficient (Wildman–Crippen LogP) is 3.16. The normalized spacial score (nSPS) is 10.0. The third-order valence-corrected chi connectivity index (χ3v) is 4.16. The van der Waals surface area contributed by atoms with Gasteiger partial charge in [0, 0.05) is 12.2 Å². The molecule has 2 N–H and O–H groups in total. The molecule has 0 saturated carbocycles. The fourth-order valence-electron chi connectivity index (χ4n) is 2.58. The highest BCUT2D eigenvalue weighted by Gasteiger charge is 2.10. The van der Waals surface area contributed by atoms with Crippen LogP contribution in [-0.4, -0.2) is 18.4 Å². The Bertz CT molecular complexity index is 885. The second-order valence-corrected chi connectivity index (χ2v) is 6.30. The number of benzene rings is 2. The van der Waals surface area contributed by atoms with Crippen LogP contribution in [0.15, 0.2) is 36.4 Å². The van der Waals surface area contributed by atoms with Gasteiger partial charge in [-0.2, -0.15) is 5.26 Å². The minimum atomic E-state index is -0.329. The number of nitrogens with one attached hydrogen (secondary N) is 2. The maximum Gasteiger partial charge on any atom is 0.262 e. The Morgan fingerprint density at radius 1 is 1.07 bits per heavy atom. The number of nitriles is 1. The third kappa shape index (κ3) is 5.86. The quantitative estimate of drug-likeness (QED) is 0.788. The average molecular weight is 365 g/mol. The van der Waals surface area contributed by atoms with Gasteiger partial charge in [-0.15, -0.1) is 0 Å². The molecule has 6 nitrogen and oxygen atoms in total. The highest BCUT2D eigenvalue weighted by Crippen LogP contribution is 2.25. The van der Waals surface area contributed by atoms with Crippen LogP contribution in [0.1, 0.15) is 28.7 Å². The van der Waals surface area contributed by atoms with Gasteiger partial charge in [0.1, 0.15) is 12.2 Å². The van der Waals surface area contributed by atoms with Gasteiger partial charge in [0.15, 0.2) is 6.61 Å². The molecular weight excluding hydrogens is 342 g/mol. The molecule has 0 fully saturated rings. The van der Waals surface area contributed by atoms with Crippen LogP contribution in [0, 0.1) is 32.1 Å². The number of carbonyl (C=O) groups excluding carboxylic acids is 2. The van der Waals surface area contributed by atoms with Gasteiger partial charge in [-0.25, -0.2) is 0 Å². The third-order valence-electron chi connectivity index (χ3n) is 4.16. The highest BCUT2D eigenvalue weighted by atomic mass is 16.5. The predicted molar refractivity (Wildman–Crippen MR) is 103 cm³/mol. The van der Waals surface area contributed by atoms with Gasteiger partial charge in [-0.05, 0) is 55.2 Å². The Hall–Kier alpha value is -3.33. The summed E-state index contributed by atoms with van der Waals surface area (Å²) in [5.41, 5.74) is 4.57. The molecule has 0 aromatic heterocycles. The largest absolute Gasteiger partial charge is 0.483 e. The standard InChI is InChI=1S/C21H23N3O3/c1-14-7-8-15(2)21(16(14)3)27-13-20(26)24-18-6-4-5-17(11-18)12-23-19(25)9-10-22/h4-8,11H,9,12-13H2,1-3H3,(H,23,25)(H,24,26). The number of carbonyl (C=O) groups is 2.